The van der Waals surface area contributed by atoms with Gasteiger partial charge in [-0.15, -0.1) is 0 Å². The van der Waals surface area contributed by atoms with Crippen LogP contribution < -0.4 is 10.2 Å². The van der Waals surface area contributed by atoms with Crippen LogP contribution in [0.2, 0.25) is 0 Å². The number of aromatic nitrogens is 5. The second-order valence-corrected chi connectivity index (χ2v) is 9.59. The summed E-state index contributed by atoms with van der Waals surface area (Å²) in [4.78, 5) is 34.4. The minimum atomic E-state index is -4.53. The van der Waals surface area contributed by atoms with Crippen molar-refractivity contribution in [1.29, 1.82) is 0 Å². The van der Waals surface area contributed by atoms with Gasteiger partial charge in [-0.1, -0.05) is 13.8 Å². The fraction of sp³-hybridized carbons (Fsp3) is 0.346. The second kappa shape index (κ2) is 9.58. The Morgan fingerprint density at radius 2 is 1.95 bits per heavy atom. The summed E-state index contributed by atoms with van der Waals surface area (Å²) >= 11 is 0. The van der Waals surface area contributed by atoms with Crippen molar-refractivity contribution in [3.8, 4) is 11.1 Å². The van der Waals surface area contributed by atoms with Gasteiger partial charge in [-0.05, 0) is 55.2 Å². The highest BCUT2D eigenvalue weighted by molar-refractivity contribution is 5.99. The molecule has 2 N–H and O–H groups in total. The Kier molecular flexibility index (Phi) is 6.41. The third-order valence-corrected chi connectivity index (χ3v) is 6.58. The van der Waals surface area contributed by atoms with Crippen molar-refractivity contribution >= 4 is 28.9 Å². The number of carbonyl (C=O) groups excluding carboxylic acids is 1. The summed E-state index contributed by atoms with van der Waals surface area (Å²) in [6.07, 6.45) is -0.570. The number of nitrogens with one attached hydrogen (secondary N) is 2. The van der Waals surface area contributed by atoms with Gasteiger partial charge in [0.15, 0.2) is 5.82 Å². The van der Waals surface area contributed by atoms with Crippen LogP contribution in [0.5, 0.6) is 0 Å². The van der Waals surface area contributed by atoms with Crippen molar-refractivity contribution in [2.75, 3.05) is 16.8 Å². The number of alkyl halides is 3. The Balaban J connectivity index is 1.43. The van der Waals surface area contributed by atoms with Gasteiger partial charge in [0, 0.05) is 24.2 Å². The van der Waals surface area contributed by atoms with Crippen molar-refractivity contribution in [1.82, 2.24) is 24.9 Å². The summed E-state index contributed by atoms with van der Waals surface area (Å²) in [5.74, 6) is 0.890. The van der Waals surface area contributed by atoms with Gasteiger partial charge in [0.1, 0.15) is 17.9 Å². The van der Waals surface area contributed by atoms with Gasteiger partial charge >= 0.3 is 12.3 Å². The molecule has 4 aromatic rings. The Morgan fingerprint density at radius 1 is 1.16 bits per heavy atom. The number of fused-ring (bicyclic) bond motifs is 1. The number of hydrogen-bond acceptors (Lipinski definition) is 7. The zero-order valence-electron chi connectivity index (χ0n) is 21.2. The Morgan fingerprint density at radius 3 is 2.66 bits per heavy atom. The molecule has 0 saturated carbocycles. The molecule has 4 aromatic heterocycles. The van der Waals surface area contributed by atoms with E-state index >= 15 is 0 Å². The van der Waals surface area contributed by atoms with E-state index in [2.05, 4.69) is 30.2 Å². The molecular weight excluding hydrogens is 499 g/mol. The van der Waals surface area contributed by atoms with E-state index < -0.39 is 18.0 Å². The average Bonchev–Trinajstić information content (AvgIpc) is 3.49. The topological polar surface area (TPSA) is 109 Å². The first-order valence-electron chi connectivity index (χ1n) is 12.1. The van der Waals surface area contributed by atoms with Crippen LogP contribution in [0.1, 0.15) is 43.8 Å². The molecule has 0 unspecified atom stereocenters. The number of nitrogens with zero attached hydrogens (tertiary/aromatic N) is 5. The van der Waals surface area contributed by atoms with Crippen LogP contribution >= 0.6 is 0 Å². The van der Waals surface area contributed by atoms with Crippen LogP contribution in [0, 0.1) is 12.8 Å². The maximum Gasteiger partial charge on any atom is 0.433 e. The molecule has 9 nitrogen and oxygen atoms in total. The highest BCUT2D eigenvalue weighted by Gasteiger charge is 2.38. The summed E-state index contributed by atoms with van der Waals surface area (Å²) in [6, 6.07) is 5.64. The van der Waals surface area contributed by atoms with Crippen molar-refractivity contribution in [2.45, 2.75) is 46.0 Å². The Hall–Kier alpha value is -4.22. The molecular formula is C26H26F3N7O2. The zero-order valence-corrected chi connectivity index (χ0v) is 21.2. The fourth-order valence-electron chi connectivity index (χ4n) is 4.48. The Bertz CT molecular complexity index is 1500. The molecule has 1 amide bonds. The molecule has 0 spiro atoms. The molecule has 0 radical (unpaired) electrons. The first-order chi connectivity index (χ1) is 18.0. The lowest BCUT2D eigenvalue weighted by Crippen LogP contribution is -2.38. The van der Waals surface area contributed by atoms with E-state index in [4.69, 9.17) is 4.74 Å². The number of anilines is 2. The lowest BCUT2D eigenvalue weighted by atomic mass is 10.0. The number of H-pyrrole nitrogens is 1. The predicted octanol–water partition coefficient (Wildman–Crippen LogP) is 5.90. The van der Waals surface area contributed by atoms with E-state index in [1.807, 2.05) is 33.8 Å². The van der Waals surface area contributed by atoms with Gasteiger partial charge in [-0.25, -0.2) is 4.79 Å². The summed E-state index contributed by atoms with van der Waals surface area (Å²) in [7, 11) is 0. The first kappa shape index (κ1) is 25.4. The number of carbonyl (C=O) groups is 1. The van der Waals surface area contributed by atoms with Gasteiger partial charge < -0.3 is 15.0 Å². The average molecular weight is 526 g/mol. The van der Waals surface area contributed by atoms with E-state index in [0.29, 0.717) is 33.7 Å². The Labute approximate surface area is 216 Å². The smallest absolute Gasteiger partial charge is 0.433 e. The maximum absolute atomic E-state index is 13.1. The summed E-state index contributed by atoms with van der Waals surface area (Å²) in [5, 5.41) is 3.93. The van der Waals surface area contributed by atoms with Gasteiger partial charge in [-0.3, -0.25) is 14.9 Å². The van der Waals surface area contributed by atoms with Crippen LogP contribution in [0.25, 0.3) is 22.2 Å². The number of aromatic amines is 1. The maximum atomic E-state index is 13.1. The van der Waals surface area contributed by atoms with E-state index in [0.717, 1.165) is 17.8 Å². The molecule has 5 rings (SSSR count). The van der Waals surface area contributed by atoms with Crippen molar-refractivity contribution in [3.63, 3.8) is 0 Å². The summed E-state index contributed by atoms with van der Waals surface area (Å²) < 4.78 is 44.7. The molecule has 198 valence electrons. The molecule has 1 aliphatic rings. The molecule has 5 heterocycles. The van der Waals surface area contributed by atoms with Crippen molar-refractivity contribution in [2.24, 2.45) is 5.92 Å². The SMILES string of the molecule is Cc1cc([C@H](C)Nc2nc(N3C(=O)OC[C@@H]3C(C)C)c3cc[nH]c3n2)ncc1-c1ccnc(C(F)(F)F)c1. The quantitative estimate of drug-likeness (QED) is 0.323. The highest BCUT2D eigenvalue weighted by Crippen LogP contribution is 2.34. The number of rotatable bonds is 6. The van der Waals surface area contributed by atoms with Crippen LogP contribution in [-0.2, 0) is 10.9 Å². The van der Waals surface area contributed by atoms with Gasteiger partial charge in [0.2, 0.25) is 5.95 Å². The third-order valence-electron chi connectivity index (χ3n) is 6.58. The number of cyclic esters (lactones) is 1. The number of ether oxygens (including phenoxy) is 1. The predicted molar refractivity (Wildman–Crippen MR) is 136 cm³/mol. The van der Waals surface area contributed by atoms with Gasteiger partial charge in [0.05, 0.1) is 23.2 Å². The number of amides is 1. The minimum Gasteiger partial charge on any atom is -0.447 e. The van der Waals surface area contributed by atoms with Crippen LogP contribution in [-0.4, -0.2) is 43.7 Å². The molecule has 1 saturated heterocycles. The molecule has 12 heteroatoms. The van der Waals surface area contributed by atoms with E-state index in [1.165, 1.54) is 6.07 Å². The zero-order chi connectivity index (χ0) is 27.2. The monoisotopic (exact) mass is 525 g/mol. The summed E-state index contributed by atoms with van der Waals surface area (Å²) in [6.45, 7) is 8.00. The molecule has 38 heavy (non-hydrogen) atoms. The van der Waals surface area contributed by atoms with Gasteiger partial charge in [0.25, 0.3) is 0 Å². The normalized spacial score (nSPS) is 16.8. The molecule has 2 atom stereocenters. The number of pyridine rings is 2. The van der Waals surface area contributed by atoms with E-state index in [9.17, 15) is 18.0 Å². The molecule has 1 aliphatic heterocycles. The van der Waals surface area contributed by atoms with Crippen molar-refractivity contribution < 1.29 is 22.7 Å². The standard InChI is InChI=1S/C26H26F3N7O2/c1-13(2)20-12-38-25(37)36(20)23-17-6-8-31-22(17)34-24(35-23)33-15(4)19-9-14(3)18(11-32-19)16-5-7-30-21(10-16)26(27,28)29/h5-11,13,15,20H,12H2,1-4H3,(H2,31,33,34,35)/t15-,20+/m0/s1. The van der Waals surface area contributed by atoms with E-state index in [-0.39, 0.29) is 30.6 Å². The van der Waals surface area contributed by atoms with Crippen molar-refractivity contribution in [3.05, 3.63) is 59.8 Å². The molecule has 0 bridgehead atoms. The number of aryl methyl sites for hydroxylation is 1. The first-order valence-corrected chi connectivity index (χ1v) is 12.1. The lowest BCUT2D eigenvalue weighted by molar-refractivity contribution is -0.141. The number of halogens is 3. The van der Waals surface area contributed by atoms with E-state index in [1.54, 1.807) is 23.4 Å². The van der Waals surface area contributed by atoms with Gasteiger partial charge in [-0.2, -0.15) is 23.1 Å². The fourth-order valence-corrected chi connectivity index (χ4v) is 4.48. The number of hydrogen-bond donors (Lipinski definition) is 2. The second-order valence-electron chi connectivity index (χ2n) is 9.59. The third kappa shape index (κ3) is 4.73. The van der Waals surface area contributed by atoms with Crippen LogP contribution in [0.15, 0.2) is 42.9 Å². The summed E-state index contributed by atoms with van der Waals surface area (Å²) in [5.41, 5.74) is 1.96. The highest BCUT2D eigenvalue weighted by atomic mass is 19.4. The molecule has 0 aromatic carbocycles. The van der Waals surface area contributed by atoms with Crippen LogP contribution in [0.3, 0.4) is 0 Å². The molecule has 1 fully saturated rings. The molecule has 0 aliphatic carbocycles. The lowest BCUT2D eigenvalue weighted by Gasteiger charge is -2.24. The van der Waals surface area contributed by atoms with Crippen LogP contribution in [0.4, 0.5) is 29.7 Å². The largest absolute Gasteiger partial charge is 0.447 e. The minimum absolute atomic E-state index is 0.152.